The summed E-state index contributed by atoms with van der Waals surface area (Å²) < 4.78 is 1.98. The fourth-order valence-electron chi connectivity index (χ4n) is 3.04. The molecule has 0 amide bonds. The summed E-state index contributed by atoms with van der Waals surface area (Å²) in [4.78, 5) is 4.79. The number of aliphatic imine (C=N–C) groups is 1. The maximum absolute atomic E-state index is 4.79. The van der Waals surface area contributed by atoms with Crippen LogP contribution in [0, 0.1) is 12.8 Å². The van der Waals surface area contributed by atoms with E-state index in [1.807, 2.05) is 24.6 Å². The number of rotatable bonds is 9. The first-order chi connectivity index (χ1) is 13.4. The SMILES string of the molecule is Cc1nnc(CN=C(NC(C)CCCC(C)C)NC(C)c2ccccc2)n1C.I. The van der Waals surface area contributed by atoms with Gasteiger partial charge in [-0.15, -0.1) is 34.2 Å². The lowest BCUT2D eigenvalue weighted by Crippen LogP contribution is -2.43. The Hall–Kier alpha value is -1.64. The van der Waals surface area contributed by atoms with Gasteiger partial charge in [0.15, 0.2) is 11.8 Å². The molecule has 0 saturated heterocycles. The molecule has 6 nitrogen and oxygen atoms in total. The van der Waals surface area contributed by atoms with Gasteiger partial charge in [-0.25, -0.2) is 4.99 Å². The Morgan fingerprint density at radius 1 is 1.03 bits per heavy atom. The average Bonchev–Trinajstić information content (AvgIpc) is 2.98. The van der Waals surface area contributed by atoms with Crippen molar-refractivity contribution in [2.45, 2.75) is 72.5 Å². The summed E-state index contributed by atoms with van der Waals surface area (Å²) in [6, 6.07) is 11.0. The zero-order valence-corrected chi connectivity index (χ0v) is 21.0. The molecule has 0 aliphatic carbocycles. The monoisotopic (exact) mass is 512 g/mol. The van der Waals surface area contributed by atoms with Gasteiger partial charge in [0.1, 0.15) is 12.4 Å². The van der Waals surface area contributed by atoms with Crippen molar-refractivity contribution < 1.29 is 0 Å². The Balaban J connectivity index is 0.00000420. The average molecular weight is 512 g/mol. The lowest BCUT2D eigenvalue weighted by molar-refractivity contribution is 0.489. The van der Waals surface area contributed by atoms with Crippen molar-refractivity contribution in [3.8, 4) is 0 Å². The van der Waals surface area contributed by atoms with Gasteiger partial charge < -0.3 is 15.2 Å². The smallest absolute Gasteiger partial charge is 0.192 e. The molecule has 0 spiro atoms. The number of benzene rings is 1. The molecule has 1 heterocycles. The second-order valence-corrected chi connectivity index (χ2v) is 8.03. The first-order valence-corrected chi connectivity index (χ1v) is 10.3. The fourth-order valence-corrected chi connectivity index (χ4v) is 3.04. The van der Waals surface area contributed by atoms with Crippen LogP contribution in [0.25, 0.3) is 0 Å². The molecule has 1 aromatic carbocycles. The van der Waals surface area contributed by atoms with Gasteiger partial charge in [-0.05, 0) is 38.7 Å². The molecule has 2 aromatic rings. The van der Waals surface area contributed by atoms with E-state index in [2.05, 4.69) is 72.8 Å². The number of nitrogens with zero attached hydrogens (tertiary/aromatic N) is 4. The third-order valence-electron chi connectivity index (χ3n) is 5.02. The van der Waals surface area contributed by atoms with Gasteiger partial charge in [-0.1, -0.05) is 57.0 Å². The third-order valence-corrected chi connectivity index (χ3v) is 5.02. The largest absolute Gasteiger partial charge is 0.354 e. The molecule has 29 heavy (non-hydrogen) atoms. The molecule has 0 aliphatic heterocycles. The van der Waals surface area contributed by atoms with Crippen LogP contribution >= 0.6 is 24.0 Å². The highest BCUT2D eigenvalue weighted by Gasteiger charge is 2.12. The standard InChI is InChI=1S/C22H36N6.HI/c1-16(2)11-10-12-17(3)24-22(23-15-21-27-26-19(5)28(21)6)25-18(4)20-13-8-7-9-14-20;/h7-9,13-14,16-18H,10-12,15H2,1-6H3,(H2,23,24,25);1H. The highest BCUT2D eigenvalue weighted by Crippen LogP contribution is 2.12. The second-order valence-electron chi connectivity index (χ2n) is 8.03. The number of nitrogens with one attached hydrogen (secondary N) is 2. The molecule has 0 fully saturated rings. The van der Waals surface area contributed by atoms with E-state index in [4.69, 9.17) is 4.99 Å². The predicted octanol–water partition coefficient (Wildman–Crippen LogP) is 4.75. The quantitative estimate of drug-likeness (QED) is 0.289. The maximum atomic E-state index is 4.79. The van der Waals surface area contributed by atoms with Crippen LogP contribution < -0.4 is 10.6 Å². The molecular weight excluding hydrogens is 475 g/mol. The zero-order valence-electron chi connectivity index (χ0n) is 18.6. The summed E-state index contributed by atoms with van der Waals surface area (Å²) in [5.41, 5.74) is 1.24. The van der Waals surface area contributed by atoms with Crippen molar-refractivity contribution in [1.82, 2.24) is 25.4 Å². The Bertz CT molecular complexity index is 741. The van der Waals surface area contributed by atoms with Gasteiger partial charge in [0, 0.05) is 13.1 Å². The molecular formula is C22H37IN6. The Morgan fingerprint density at radius 3 is 2.31 bits per heavy atom. The van der Waals surface area contributed by atoms with E-state index in [9.17, 15) is 0 Å². The molecule has 2 unspecified atom stereocenters. The van der Waals surface area contributed by atoms with E-state index < -0.39 is 0 Å². The van der Waals surface area contributed by atoms with Gasteiger partial charge in [-0.3, -0.25) is 0 Å². The van der Waals surface area contributed by atoms with Gasteiger partial charge in [0.25, 0.3) is 0 Å². The number of hydrogen-bond acceptors (Lipinski definition) is 3. The molecule has 7 heteroatoms. The Labute approximate surface area is 193 Å². The van der Waals surface area contributed by atoms with Gasteiger partial charge in [0.2, 0.25) is 0 Å². The van der Waals surface area contributed by atoms with Crippen molar-refractivity contribution in [3.05, 3.63) is 47.5 Å². The second kappa shape index (κ2) is 12.8. The maximum Gasteiger partial charge on any atom is 0.192 e. The van der Waals surface area contributed by atoms with Crippen molar-refractivity contribution in [2.75, 3.05) is 0 Å². The van der Waals surface area contributed by atoms with Crippen LogP contribution in [0.5, 0.6) is 0 Å². The Morgan fingerprint density at radius 2 is 1.72 bits per heavy atom. The molecule has 1 aromatic heterocycles. The number of hydrogen-bond donors (Lipinski definition) is 2. The summed E-state index contributed by atoms with van der Waals surface area (Å²) >= 11 is 0. The summed E-state index contributed by atoms with van der Waals surface area (Å²) in [7, 11) is 1.97. The van der Waals surface area contributed by atoms with Crippen LogP contribution in [0.4, 0.5) is 0 Å². The normalized spacial score (nSPS) is 13.7. The number of aromatic nitrogens is 3. The van der Waals surface area contributed by atoms with Crippen molar-refractivity contribution in [3.63, 3.8) is 0 Å². The van der Waals surface area contributed by atoms with E-state index in [1.54, 1.807) is 0 Å². The first kappa shape index (κ1) is 25.4. The minimum atomic E-state index is 0. The minimum Gasteiger partial charge on any atom is -0.354 e. The summed E-state index contributed by atoms with van der Waals surface area (Å²) in [5.74, 6) is 3.32. The van der Waals surface area contributed by atoms with Gasteiger partial charge in [-0.2, -0.15) is 0 Å². The fraction of sp³-hybridized carbons (Fsp3) is 0.591. The molecule has 0 aliphatic rings. The van der Waals surface area contributed by atoms with Crippen LogP contribution in [-0.4, -0.2) is 26.8 Å². The van der Waals surface area contributed by atoms with Crippen LogP contribution in [0.2, 0.25) is 0 Å². The molecule has 2 N–H and O–H groups in total. The van der Waals surface area contributed by atoms with Gasteiger partial charge >= 0.3 is 0 Å². The third kappa shape index (κ3) is 8.72. The number of guanidine groups is 1. The summed E-state index contributed by atoms with van der Waals surface area (Å²) in [5, 5.41) is 15.5. The molecule has 0 radical (unpaired) electrons. The molecule has 162 valence electrons. The summed E-state index contributed by atoms with van der Waals surface area (Å²) in [6.45, 7) is 11.4. The lowest BCUT2D eigenvalue weighted by atomic mass is 10.0. The van der Waals surface area contributed by atoms with E-state index in [0.29, 0.717) is 12.6 Å². The highest BCUT2D eigenvalue weighted by molar-refractivity contribution is 14.0. The lowest BCUT2D eigenvalue weighted by Gasteiger charge is -2.22. The molecule has 2 atom stereocenters. The molecule has 0 saturated carbocycles. The van der Waals surface area contributed by atoms with Crippen LogP contribution in [0.3, 0.4) is 0 Å². The van der Waals surface area contributed by atoms with Crippen LogP contribution in [0.1, 0.15) is 70.2 Å². The van der Waals surface area contributed by atoms with Crippen molar-refractivity contribution >= 4 is 29.9 Å². The topological polar surface area (TPSA) is 67.1 Å². The zero-order chi connectivity index (χ0) is 20.5. The van der Waals surface area contributed by atoms with Gasteiger partial charge in [0.05, 0.1) is 6.04 Å². The van der Waals surface area contributed by atoms with E-state index in [0.717, 1.165) is 29.9 Å². The molecule has 0 bridgehead atoms. The van der Waals surface area contributed by atoms with Crippen molar-refractivity contribution in [2.24, 2.45) is 18.0 Å². The highest BCUT2D eigenvalue weighted by atomic mass is 127. The van der Waals surface area contributed by atoms with E-state index >= 15 is 0 Å². The minimum absolute atomic E-state index is 0. The molecule has 2 rings (SSSR count). The van der Waals surface area contributed by atoms with E-state index in [1.165, 1.54) is 18.4 Å². The van der Waals surface area contributed by atoms with Crippen LogP contribution in [-0.2, 0) is 13.6 Å². The van der Waals surface area contributed by atoms with Crippen LogP contribution in [0.15, 0.2) is 35.3 Å². The Kier molecular flexibility index (Phi) is 11.2. The number of aryl methyl sites for hydroxylation is 1. The number of halogens is 1. The summed E-state index contributed by atoms with van der Waals surface area (Å²) in [6.07, 6.45) is 3.60. The van der Waals surface area contributed by atoms with E-state index in [-0.39, 0.29) is 30.0 Å². The first-order valence-electron chi connectivity index (χ1n) is 10.3. The predicted molar refractivity (Wildman–Crippen MR) is 132 cm³/mol. The van der Waals surface area contributed by atoms with Crippen molar-refractivity contribution in [1.29, 1.82) is 0 Å².